The second kappa shape index (κ2) is 13.6. The highest BCUT2D eigenvalue weighted by Gasteiger charge is 2.43. The van der Waals surface area contributed by atoms with Gasteiger partial charge in [-0.15, -0.1) is 0 Å². The summed E-state index contributed by atoms with van der Waals surface area (Å²) in [5, 5.41) is 14.8. The summed E-state index contributed by atoms with van der Waals surface area (Å²) < 4.78 is 5.66. The maximum absolute atomic E-state index is 13.0. The predicted molar refractivity (Wildman–Crippen MR) is 135 cm³/mol. The molecule has 1 fully saturated rings. The minimum Gasteiger partial charge on any atom is -0.473 e. The lowest BCUT2D eigenvalue weighted by Crippen LogP contribution is -2.61. The molecule has 0 saturated carbocycles. The summed E-state index contributed by atoms with van der Waals surface area (Å²) >= 11 is 0. The molecule has 0 bridgehead atoms. The fourth-order valence-electron chi connectivity index (χ4n) is 4.58. The number of carboxylic acids is 2. The Morgan fingerprint density at radius 2 is 1.49 bits per heavy atom. The van der Waals surface area contributed by atoms with Crippen molar-refractivity contribution < 1.29 is 29.3 Å². The van der Waals surface area contributed by atoms with E-state index in [0.29, 0.717) is 19.1 Å². The first-order chi connectivity index (χ1) is 16.7. The molecule has 1 heterocycles. The Bertz CT molecular complexity index is 931. The maximum Gasteiger partial charge on any atom is 0.414 e. The summed E-state index contributed by atoms with van der Waals surface area (Å²) in [5.74, 6) is -3.48. The Labute approximate surface area is 207 Å². The van der Waals surface area contributed by atoms with Gasteiger partial charge in [0.2, 0.25) is 5.91 Å². The number of nitrogens with zero attached hydrogens (tertiary/aromatic N) is 2. The Kier molecular flexibility index (Phi) is 10.9. The first-order valence-corrected chi connectivity index (χ1v) is 11.8. The number of piperidine rings is 1. The quantitative estimate of drug-likeness (QED) is 0.550. The molecular formula is C27H36N2O6. The van der Waals surface area contributed by atoms with Crippen molar-refractivity contribution in [1.82, 2.24) is 4.90 Å². The number of hydrogen-bond donors (Lipinski definition) is 2. The van der Waals surface area contributed by atoms with E-state index in [1.54, 1.807) is 7.11 Å². The first kappa shape index (κ1) is 28.0. The zero-order chi connectivity index (χ0) is 25.8. The van der Waals surface area contributed by atoms with Crippen LogP contribution in [0.4, 0.5) is 5.69 Å². The second-order valence-corrected chi connectivity index (χ2v) is 8.76. The normalized spacial score (nSPS) is 15.9. The summed E-state index contributed by atoms with van der Waals surface area (Å²) in [6.45, 7) is 6.75. The highest BCUT2D eigenvalue weighted by molar-refractivity contribution is 6.27. The van der Waals surface area contributed by atoms with Crippen molar-refractivity contribution in [3.63, 3.8) is 0 Å². The van der Waals surface area contributed by atoms with E-state index >= 15 is 0 Å². The number of methoxy groups -OCH3 is 1. The van der Waals surface area contributed by atoms with E-state index in [0.717, 1.165) is 38.0 Å². The van der Waals surface area contributed by atoms with Crippen LogP contribution >= 0.6 is 0 Å². The molecule has 3 rings (SSSR count). The number of anilines is 1. The lowest BCUT2D eigenvalue weighted by Gasteiger charge is -2.49. The molecule has 1 aliphatic rings. The summed E-state index contributed by atoms with van der Waals surface area (Å²) in [4.78, 5) is 35.8. The van der Waals surface area contributed by atoms with E-state index in [-0.39, 0.29) is 11.4 Å². The van der Waals surface area contributed by atoms with Crippen molar-refractivity contribution in [3.8, 4) is 0 Å². The number of carbonyl (C=O) groups excluding carboxylic acids is 1. The standard InChI is InChI=1S/C25H34N2O2.C2H2O4/c1-4-24(28)27(23-13-9-6-10-14-23)25(20-29-3)15-17-26(18-16-25)21(2)19-22-11-7-5-8-12-22;3-1(4)2(5)6/h5-14,21H,4,15-20H2,1-3H3;(H,3,4)(H,5,6). The van der Waals surface area contributed by atoms with Crippen LogP contribution in [-0.4, -0.2) is 71.3 Å². The van der Waals surface area contributed by atoms with Crippen LogP contribution in [0, 0.1) is 0 Å². The molecule has 2 N–H and O–H groups in total. The average Bonchev–Trinajstić information content (AvgIpc) is 2.86. The van der Waals surface area contributed by atoms with E-state index in [4.69, 9.17) is 24.5 Å². The molecule has 1 aliphatic heterocycles. The van der Waals surface area contributed by atoms with Gasteiger partial charge in [-0.1, -0.05) is 55.5 Å². The van der Waals surface area contributed by atoms with Gasteiger partial charge in [-0.2, -0.15) is 0 Å². The highest BCUT2D eigenvalue weighted by atomic mass is 16.5. The van der Waals surface area contributed by atoms with Crippen molar-refractivity contribution in [2.24, 2.45) is 0 Å². The van der Waals surface area contributed by atoms with Gasteiger partial charge >= 0.3 is 11.9 Å². The zero-order valence-corrected chi connectivity index (χ0v) is 20.7. The number of aliphatic carboxylic acids is 2. The maximum atomic E-state index is 13.0. The molecule has 0 aliphatic carbocycles. The number of para-hydroxylation sites is 1. The SMILES string of the molecule is CCC(=O)N(c1ccccc1)C1(COC)CCN(C(C)Cc2ccccc2)CC1.O=C(O)C(=O)O. The van der Waals surface area contributed by atoms with Crippen LogP contribution in [0.25, 0.3) is 0 Å². The minimum atomic E-state index is -1.82. The van der Waals surface area contributed by atoms with Gasteiger partial charge in [0.1, 0.15) is 0 Å². The molecule has 1 unspecified atom stereocenters. The van der Waals surface area contributed by atoms with Crippen LogP contribution in [0.1, 0.15) is 38.7 Å². The van der Waals surface area contributed by atoms with E-state index < -0.39 is 11.9 Å². The molecule has 0 aromatic heterocycles. The molecular weight excluding hydrogens is 448 g/mol. The topological polar surface area (TPSA) is 107 Å². The molecule has 0 spiro atoms. The van der Waals surface area contributed by atoms with Gasteiger partial charge in [0.15, 0.2) is 0 Å². The Hall–Kier alpha value is -3.23. The Morgan fingerprint density at radius 1 is 0.971 bits per heavy atom. The highest BCUT2D eigenvalue weighted by Crippen LogP contribution is 2.35. The first-order valence-electron chi connectivity index (χ1n) is 11.8. The van der Waals surface area contributed by atoms with Crippen molar-refractivity contribution in [1.29, 1.82) is 0 Å². The van der Waals surface area contributed by atoms with E-state index in [2.05, 4.69) is 42.2 Å². The summed E-state index contributed by atoms with van der Waals surface area (Å²) in [6.07, 6.45) is 3.38. The molecule has 2 aromatic carbocycles. The summed E-state index contributed by atoms with van der Waals surface area (Å²) in [7, 11) is 1.74. The van der Waals surface area contributed by atoms with Gasteiger partial charge in [-0.25, -0.2) is 9.59 Å². The van der Waals surface area contributed by atoms with E-state index in [1.807, 2.05) is 42.2 Å². The van der Waals surface area contributed by atoms with E-state index in [9.17, 15) is 4.79 Å². The molecule has 1 atom stereocenters. The molecule has 0 radical (unpaired) electrons. The fraction of sp³-hybridized carbons (Fsp3) is 0.444. The number of carbonyl (C=O) groups is 3. The third-order valence-corrected chi connectivity index (χ3v) is 6.36. The smallest absolute Gasteiger partial charge is 0.414 e. The summed E-state index contributed by atoms with van der Waals surface area (Å²) in [5.41, 5.74) is 2.06. The Morgan fingerprint density at radius 3 is 1.94 bits per heavy atom. The van der Waals surface area contributed by atoms with Crippen molar-refractivity contribution in [2.75, 3.05) is 31.7 Å². The predicted octanol–water partition coefficient (Wildman–Crippen LogP) is 3.70. The lowest BCUT2D eigenvalue weighted by atomic mass is 9.84. The zero-order valence-electron chi connectivity index (χ0n) is 20.7. The average molecular weight is 485 g/mol. The van der Waals surface area contributed by atoms with Gasteiger partial charge in [-0.3, -0.25) is 4.79 Å². The van der Waals surface area contributed by atoms with Gasteiger partial charge in [-0.05, 0) is 43.9 Å². The van der Waals surface area contributed by atoms with Gasteiger partial charge in [0, 0.05) is 38.3 Å². The molecule has 8 nitrogen and oxygen atoms in total. The lowest BCUT2D eigenvalue weighted by molar-refractivity contribution is -0.159. The Balaban J connectivity index is 0.000000641. The van der Waals surface area contributed by atoms with Gasteiger partial charge < -0.3 is 24.7 Å². The van der Waals surface area contributed by atoms with Crippen LogP contribution in [0.3, 0.4) is 0 Å². The monoisotopic (exact) mass is 484 g/mol. The third kappa shape index (κ3) is 7.90. The molecule has 1 saturated heterocycles. The fourth-order valence-corrected chi connectivity index (χ4v) is 4.58. The molecule has 35 heavy (non-hydrogen) atoms. The number of benzene rings is 2. The van der Waals surface area contributed by atoms with Crippen molar-refractivity contribution in [2.45, 2.75) is 51.1 Å². The molecule has 190 valence electrons. The van der Waals surface area contributed by atoms with E-state index in [1.165, 1.54) is 5.56 Å². The molecule has 2 aromatic rings. The second-order valence-electron chi connectivity index (χ2n) is 8.76. The van der Waals surface area contributed by atoms with Gasteiger partial charge in [0.05, 0.1) is 12.1 Å². The van der Waals surface area contributed by atoms with Crippen LogP contribution in [-0.2, 0) is 25.5 Å². The van der Waals surface area contributed by atoms with Gasteiger partial charge in [0.25, 0.3) is 0 Å². The number of likely N-dealkylation sites (tertiary alicyclic amines) is 1. The number of ether oxygens (including phenoxy) is 1. The largest absolute Gasteiger partial charge is 0.473 e. The van der Waals surface area contributed by atoms with Crippen molar-refractivity contribution in [3.05, 3.63) is 66.2 Å². The van der Waals surface area contributed by atoms with Crippen LogP contribution in [0.15, 0.2) is 60.7 Å². The number of rotatable bonds is 8. The third-order valence-electron chi connectivity index (χ3n) is 6.36. The van der Waals surface area contributed by atoms with Crippen LogP contribution < -0.4 is 4.90 Å². The number of carboxylic acid groups (broad SMARTS) is 2. The van der Waals surface area contributed by atoms with Crippen molar-refractivity contribution >= 4 is 23.5 Å². The summed E-state index contributed by atoms with van der Waals surface area (Å²) in [6, 6.07) is 21.2. The van der Waals surface area contributed by atoms with Crippen LogP contribution in [0.2, 0.25) is 0 Å². The molecule has 8 heteroatoms. The van der Waals surface area contributed by atoms with Crippen LogP contribution in [0.5, 0.6) is 0 Å². The number of amides is 1. The molecule has 1 amide bonds. The number of hydrogen-bond acceptors (Lipinski definition) is 5. The minimum absolute atomic E-state index is 0.166.